The first-order valence-electron chi connectivity index (χ1n) is 6.72. The van der Waals surface area contributed by atoms with Crippen LogP contribution in [0.15, 0.2) is 11.1 Å². The number of H-pyrrole nitrogens is 1. The third-order valence-corrected chi connectivity index (χ3v) is 3.28. The molecular formula is C13H22N4O3. The minimum atomic E-state index is -0.692. The summed E-state index contributed by atoms with van der Waals surface area (Å²) in [5.41, 5.74) is -0.960. The van der Waals surface area contributed by atoms with Crippen LogP contribution in [0.4, 0.5) is 5.82 Å². The van der Waals surface area contributed by atoms with E-state index in [4.69, 9.17) is 4.74 Å². The molecule has 0 unspecified atom stereocenters. The lowest BCUT2D eigenvalue weighted by Gasteiger charge is -2.37. The van der Waals surface area contributed by atoms with E-state index in [9.17, 15) is 9.90 Å². The molecule has 1 fully saturated rings. The molecule has 7 nitrogen and oxygen atoms in total. The molecule has 2 N–H and O–H groups in total. The number of piperazine rings is 1. The van der Waals surface area contributed by atoms with Gasteiger partial charge in [-0.15, -0.1) is 0 Å². The summed E-state index contributed by atoms with van der Waals surface area (Å²) in [7, 11) is 1.47. The lowest BCUT2D eigenvalue weighted by molar-refractivity contribution is 0.0344. The minimum Gasteiger partial charge on any atom is -0.489 e. The van der Waals surface area contributed by atoms with E-state index in [-0.39, 0.29) is 11.3 Å². The number of nitrogens with one attached hydrogen (secondary N) is 1. The van der Waals surface area contributed by atoms with Crippen molar-refractivity contribution in [1.29, 1.82) is 0 Å². The van der Waals surface area contributed by atoms with Gasteiger partial charge in [-0.1, -0.05) is 0 Å². The van der Waals surface area contributed by atoms with Gasteiger partial charge in [-0.25, -0.2) is 4.98 Å². The summed E-state index contributed by atoms with van der Waals surface area (Å²) >= 11 is 0. The van der Waals surface area contributed by atoms with Crippen molar-refractivity contribution in [1.82, 2.24) is 14.9 Å². The maximum Gasteiger partial charge on any atom is 0.295 e. The zero-order chi connectivity index (χ0) is 14.8. The largest absolute Gasteiger partial charge is 0.489 e. The number of ether oxygens (including phenoxy) is 1. The van der Waals surface area contributed by atoms with Crippen molar-refractivity contribution < 1.29 is 9.84 Å². The number of anilines is 1. The van der Waals surface area contributed by atoms with Crippen LogP contribution >= 0.6 is 0 Å². The Hall–Kier alpha value is -1.60. The molecule has 0 saturated carbocycles. The topological polar surface area (TPSA) is 81.7 Å². The van der Waals surface area contributed by atoms with E-state index in [0.717, 1.165) is 26.2 Å². The summed E-state index contributed by atoms with van der Waals surface area (Å²) in [6, 6.07) is 0. The highest BCUT2D eigenvalue weighted by atomic mass is 16.5. The van der Waals surface area contributed by atoms with Gasteiger partial charge in [0.05, 0.1) is 19.0 Å². The van der Waals surface area contributed by atoms with Crippen LogP contribution in [0, 0.1) is 0 Å². The van der Waals surface area contributed by atoms with E-state index in [1.54, 1.807) is 13.8 Å². The molecule has 1 saturated heterocycles. The van der Waals surface area contributed by atoms with E-state index in [1.807, 2.05) is 4.90 Å². The highest BCUT2D eigenvalue weighted by Gasteiger charge is 2.25. The fourth-order valence-corrected chi connectivity index (χ4v) is 2.45. The molecule has 7 heteroatoms. The molecule has 2 rings (SSSR count). The molecular weight excluding hydrogens is 260 g/mol. The first-order chi connectivity index (χ1) is 9.40. The fourth-order valence-electron chi connectivity index (χ4n) is 2.45. The maximum atomic E-state index is 11.7. The Morgan fingerprint density at radius 3 is 2.60 bits per heavy atom. The standard InChI is InChI=1S/C13H22N4O3/c1-13(2,19)8-16-4-6-17(7-5-16)11-10(20-3)12(18)15-9-14-11/h9,19H,4-8H2,1-3H3,(H,14,15,18). The summed E-state index contributed by atoms with van der Waals surface area (Å²) in [5, 5.41) is 9.84. The molecule has 0 atom stereocenters. The fraction of sp³-hybridized carbons (Fsp3) is 0.692. The molecule has 0 aromatic carbocycles. The quantitative estimate of drug-likeness (QED) is 0.787. The van der Waals surface area contributed by atoms with Crippen molar-refractivity contribution in [3.05, 3.63) is 16.7 Å². The Kier molecular flexibility index (Phi) is 4.29. The Labute approximate surface area is 118 Å². The molecule has 1 aliphatic heterocycles. The predicted molar refractivity (Wildman–Crippen MR) is 76.4 cm³/mol. The molecule has 20 heavy (non-hydrogen) atoms. The molecule has 2 heterocycles. The molecule has 1 aromatic rings. The second-order valence-corrected chi connectivity index (χ2v) is 5.66. The van der Waals surface area contributed by atoms with E-state index >= 15 is 0 Å². The summed E-state index contributed by atoms with van der Waals surface area (Å²) in [6.07, 6.45) is 1.39. The number of rotatable bonds is 4. The number of methoxy groups -OCH3 is 1. The number of aromatic amines is 1. The summed E-state index contributed by atoms with van der Waals surface area (Å²) < 4.78 is 5.14. The van der Waals surface area contributed by atoms with Gasteiger partial charge in [-0.3, -0.25) is 9.69 Å². The summed E-state index contributed by atoms with van der Waals surface area (Å²) in [5.74, 6) is 0.836. The highest BCUT2D eigenvalue weighted by molar-refractivity contribution is 5.51. The highest BCUT2D eigenvalue weighted by Crippen LogP contribution is 2.22. The first-order valence-corrected chi connectivity index (χ1v) is 6.72. The average Bonchev–Trinajstić information content (AvgIpc) is 2.37. The van der Waals surface area contributed by atoms with Crippen LogP contribution in [0.1, 0.15) is 13.8 Å². The van der Waals surface area contributed by atoms with E-state index in [1.165, 1.54) is 13.4 Å². The summed E-state index contributed by atoms with van der Waals surface area (Å²) in [6.45, 7) is 7.40. The first kappa shape index (κ1) is 14.8. The van der Waals surface area contributed by atoms with Crippen LogP contribution < -0.4 is 15.2 Å². The SMILES string of the molecule is COc1c(N2CCN(CC(C)(C)O)CC2)nc[nH]c1=O. The van der Waals surface area contributed by atoms with Crippen molar-refractivity contribution >= 4 is 5.82 Å². The molecule has 1 aliphatic rings. The lowest BCUT2D eigenvalue weighted by Crippen LogP contribution is -2.51. The summed E-state index contributed by atoms with van der Waals surface area (Å²) in [4.78, 5) is 22.6. The van der Waals surface area contributed by atoms with Crippen molar-refractivity contribution in [2.45, 2.75) is 19.4 Å². The van der Waals surface area contributed by atoms with Crippen LogP contribution in [0.25, 0.3) is 0 Å². The number of β-amino-alcohol motifs (C(OH)–C–C–N with tert-alkyl or cyclic N) is 1. The van der Waals surface area contributed by atoms with Crippen molar-refractivity contribution in [2.24, 2.45) is 0 Å². The molecule has 1 aromatic heterocycles. The van der Waals surface area contributed by atoms with Gasteiger partial charge >= 0.3 is 0 Å². The van der Waals surface area contributed by atoms with Gasteiger partial charge in [-0.2, -0.15) is 0 Å². The maximum absolute atomic E-state index is 11.7. The predicted octanol–water partition coefficient (Wildman–Crippen LogP) is -0.329. The van der Waals surface area contributed by atoms with Gasteiger partial charge in [-0.05, 0) is 13.8 Å². The third kappa shape index (κ3) is 3.49. The minimum absolute atomic E-state index is 0.253. The number of aromatic nitrogens is 2. The van der Waals surface area contributed by atoms with Crippen LogP contribution in [0.5, 0.6) is 5.75 Å². The molecule has 0 aliphatic carbocycles. The van der Waals surface area contributed by atoms with Gasteiger partial charge in [0.25, 0.3) is 5.56 Å². The second kappa shape index (κ2) is 5.80. The Balaban J connectivity index is 2.04. The number of hydrogen-bond acceptors (Lipinski definition) is 6. The van der Waals surface area contributed by atoms with Crippen molar-refractivity contribution in [2.75, 3.05) is 44.7 Å². The van der Waals surface area contributed by atoms with Gasteiger partial charge < -0.3 is 19.7 Å². The molecule has 0 amide bonds. The molecule has 112 valence electrons. The van der Waals surface area contributed by atoms with Crippen LogP contribution in [-0.2, 0) is 0 Å². The number of aliphatic hydroxyl groups is 1. The van der Waals surface area contributed by atoms with Gasteiger partial charge in [0.1, 0.15) is 0 Å². The van der Waals surface area contributed by atoms with Crippen molar-refractivity contribution in [3.8, 4) is 5.75 Å². The average molecular weight is 282 g/mol. The zero-order valence-corrected chi connectivity index (χ0v) is 12.2. The monoisotopic (exact) mass is 282 g/mol. The number of nitrogens with zero attached hydrogens (tertiary/aromatic N) is 3. The Morgan fingerprint density at radius 1 is 1.40 bits per heavy atom. The smallest absolute Gasteiger partial charge is 0.295 e. The van der Waals surface area contributed by atoms with Gasteiger partial charge in [0, 0.05) is 32.7 Å². The van der Waals surface area contributed by atoms with E-state index in [2.05, 4.69) is 14.9 Å². The van der Waals surface area contributed by atoms with E-state index < -0.39 is 5.60 Å². The molecule has 0 spiro atoms. The Morgan fingerprint density at radius 2 is 2.05 bits per heavy atom. The normalized spacial score (nSPS) is 17.3. The van der Waals surface area contributed by atoms with Crippen LogP contribution in [0.3, 0.4) is 0 Å². The number of hydrogen-bond donors (Lipinski definition) is 2. The molecule has 0 bridgehead atoms. The van der Waals surface area contributed by atoms with E-state index in [0.29, 0.717) is 12.4 Å². The second-order valence-electron chi connectivity index (χ2n) is 5.66. The van der Waals surface area contributed by atoms with Gasteiger partial charge in [0.15, 0.2) is 5.82 Å². The Bertz CT molecular complexity index is 501. The van der Waals surface area contributed by atoms with Crippen molar-refractivity contribution in [3.63, 3.8) is 0 Å². The zero-order valence-electron chi connectivity index (χ0n) is 12.2. The lowest BCUT2D eigenvalue weighted by atomic mass is 10.1. The third-order valence-electron chi connectivity index (χ3n) is 3.28. The van der Waals surface area contributed by atoms with Gasteiger partial charge in [0.2, 0.25) is 5.75 Å². The van der Waals surface area contributed by atoms with Crippen LogP contribution in [0.2, 0.25) is 0 Å². The van der Waals surface area contributed by atoms with Crippen LogP contribution in [-0.4, -0.2) is 65.4 Å². The molecule has 0 radical (unpaired) electrons.